The standard InChI is InChI=1S/C21H16F3N5O2S/c22-21(23,24)17-9-13(16-7-4-8-31-16)25-18-10-14(28-29(17)18)19(30)27-20-26-15(11-32-20)12-5-2-1-3-6-12/h1-8,10-11,13,17,25H,9H2,(H,26,27,30). The summed E-state index contributed by atoms with van der Waals surface area (Å²) in [5.74, 6) is -0.165. The second-order valence-corrected chi connectivity index (χ2v) is 8.08. The Morgan fingerprint density at radius 2 is 2.03 bits per heavy atom. The number of nitrogens with zero attached hydrogens (tertiary/aromatic N) is 3. The average molecular weight is 459 g/mol. The topological polar surface area (TPSA) is 85.0 Å². The van der Waals surface area contributed by atoms with Crippen LogP contribution in [0.4, 0.5) is 24.1 Å². The van der Waals surface area contributed by atoms with Crippen LogP contribution in [0.3, 0.4) is 0 Å². The van der Waals surface area contributed by atoms with Crippen molar-refractivity contribution in [1.82, 2.24) is 14.8 Å². The minimum absolute atomic E-state index is 0.0919. The molecule has 0 radical (unpaired) electrons. The zero-order chi connectivity index (χ0) is 22.3. The Labute approximate surface area is 183 Å². The molecule has 1 amide bonds. The van der Waals surface area contributed by atoms with Gasteiger partial charge < -0.3 is 9.73 Å². The number of anilines is 2. The Morgan fingerprint density at radius 3 is 2.75 bits per heavy atom. The molecule has 0 saturated carbocycles. The third kappa shape index (κ3) is 3.86. The zero-order valence-electron chi connectivity index (χ0n) is 16.3. The quantitative estimate of drug-likeness (QED) is 0.420. The summed E-state index contributed by atoms with van der Waals surface area (Å²) < 4.78 is 47.3. The number of amides is 1. The number of nitrogens with one attached hydrogen (secondary N) is 2. The maximum Gasteiger partial charge on any atom is 0.410 e. The van der Waals surface area contributed by atoms with Crippen LogP contribution >= 0.6 is 11.3 Å². The highest BCUT2D eigenvalue weighted by molar-refractivity contribution is 7.14. The summed E-state index contributed by atoms with van der Waals surface area (Å²) in [7, 11) is 0. The van der Waals surface area contributed by atoms with Crippen LogP contribution in [0, 0.1) is 0 Å². The second kappa shape index (κ2) is 7.83. The van der Waals surface area contributed by atoms with Crippen molar-refractivity contribution in [2.24, 2.45) is 0 Å². The molecule has 1 aromatic carbocycles. The van der Waals surface area contributed by atoms with E-state index in [1.165, 1.54) is 23.7 Å². The van der Waals surface area contributed by atoms with E-state index in [1.807, 2.05) is 30.3 Å². The molecule has 1 aliphatic heterocycles. The summed E-state index contributed by atoms with van der Waals surface area (Å²) in [5, 5.41) is 11.7. The van der Waals surface area contributed by atoms with Gasteiger partial charge in [-0.1, -0.05) is 30.3 Å². The molecule has 11 heteroatoms. The number of carbonyl (C=O) groups excluding carboxylic acids is 1. The minimum Gasteiger partial charge on any atom is -0.467 e. The molecular formula is C21H16F3N5O2S. The van der Waals surface area contributed by atoms with Gasteiger partial charge in [-0.15, -0.1) is 11.3 Å². The highest BCUT2D eigenvalue weighted by atomic mass is 32.1. The molecule has 4 heterocycles. The summed E-state index contributed by atoms with van der Waals surface area (Å²) in [4.78, 5) is 17.1. The number of rotatable bonds is 4. The van der Waals surface area contributed by atoms with Gasteiger partial charge in [-0.3, -0.25) is 10.1 Å². The van der Waals surface area contributed by atoms with Crippen molar-refractivity contribution in [2.75, 3.05) is 10.6 Å². The first-order chi connectivity index (χ1) is 15.4. The van der Waals surface area contributed by atoms with Gasteiger partial charge >= 0.3 is 6.18 Å². The molecule has 32 heavy (non-hydrogen) atoms. The summed E-state index contributed by atoms with van der Waals surface area (Å²) in [6.45, 7) is 0. The van der Waals surface area contributed by atoms with Crippen LogP contribution in [0.2, 0.25) is 0 Å². The van der Waals surface area contributed by atoms with Crippen LogP contribution < -0.4 is 10.6 Å². The molecule has 0 bridgehead atoms. The lowest BCUT2D eigenvalue weighted by Crippen LogP contribution is -2.35. The summed E-state index contributed by atoms with van der Waals surface area (Å²) in [5.41, 5.74) is 1.44. The van der Waals surface area contributed by atoms with Crippen LogP contribution in [0.15, 0.2) is 64.6 Å². The molecule has 2 N–H and O–H groups in total. The maximum absolute atomic E-state index is 13.7. The lowest BCUT2D eigenvalue weighted by atomic mass is 10.0. The smallest absolute Gasteiger partial charge is 0.410 e. The number of fused-ring (bicyclic) bond motifs is 1. The molecule has 7 nitrogen and oxygen atoms in total. The number of furan rings is 1. The Kier molecular flexibility index (Phi) is 4.97. The van der Waals surface area contributed by atoms with Crippen LogP contribution in [0.25, 0.3) is 11.3 Å². The van der Waals surface area contributed by atoms with Gasteiger partial charge in [0.05, 0.1) is 18.0 Å². The molecule has 5 rings (SSSR count). The summed E-state index contributed by atoms with van der Waals surface area (Å²) >= 11 is 1.22. The van der Waals surface area contributed by atoms with Gasteiger partial charge in [-0.05, 0) is 12.1 Å². The van der Waals surface area contributed by atoms with E-state index < -0.39 is 24.2 Å². The van der Waals surface area contributed by atoms with Crippen LogP contribution in [0.1, 0.15) is 34.8 Å². The average Bonchev–Trinajstić information content (AvgIpc) is 3.53. The molecule has 4 aromatic rings. The van der Waals surface area contributed by atoms with E-state index in [0.717, 1.165) is 10.2 Å². The van der Waals surface area contributed by atoms with Gasteiger partial charge in [-0.25, -0.2) is 9.67 Å². The fourth-order valence-corrected chi connectivity index (χ4v) is 4.31. The monoisotopic (exact) mass is 459 g/mol. The molecular weight excluding hydrogens is 443 g/mol. The molecule has 3 aromatic heterocycles. The van der Waals surface area contributed by atoms with Crippen LogP contribution in [0.5, 0.6) is 0 Å². The van der Waals surface area contributed by atoms with E-state index in [9.17, 15) is 18.0 Å². The van der Waals surface area contributed by atoms with E-state index in [-0.39, 0.29) is 17.9 Å². The van der Waals surface area contributed by atoms with E-state index in [0.29, 0.717) is 16.6 Å². The minimum atomic E-state index is -4.54. The fraction of sp³-hybridized carbons (Fsp3) is 0.190. The van der Waals surface area contributed by atoms with E-state index >= 15 is 0 Å². The molecule has 0 spiro atoms. The fourth-order valence-electron chi connectivity index (χ4n) is 3.59. The van der Waals surface area contributed by atoms with E-state index in [1.54, 1.807) is 17.5 Å². The molecule has 0 fully saturated rings. The Balaban J connectivity index is 1.39. The number of hydrogen-bond donors (Lipinski definition) is 2. The van der Waals surface area contributed by atoms with Gasteiger partial charge in [0, 0.05) is 23.4 Å². The van der Waals surface area contributed by atoms with Crippen molar-refractivity contribution in [3.05, 3.63) is 71.6 Å². The van der Waals surface area contributed by atoms with Gasteiger partial charge in [0.1, 0.15) is 11.6 Å². The molecule has 0 saturated heterocycles. The lowest BCUT2D eigenvalue weighted by Gasteiger charge is -2.32. The number of thiazole rings is 1. The Bertz CT molecular complexity index is 1230. The molecule has 0 aliphatic carbocycles. The third-order valence-electron chi connectivity index (χ3n) is 5.10. The van der Waals surface area contributed by atoms with Crippen molar-refractivity contribution in [3.63, 3.8) is 0 Å². The maximum atomic E-state index is 13.7. The van der Waals surface area contributed by atoms with Gasteiger partial charge in [0.25, 0.3) is 5.91 Å². The largest absolute Gasteiger partial charge is 0.467 e. The number of hydrogen-bond acceptors (Lipinski definition) is 6. The number of benzene rings is 1. The normalized spacial score (nSPS) is 18.1. The highest BCUT2D eigenvalue weighted by Gasteiger charge is 2.47. The van der Waals surface area contributed by atoms with E-state index in [4.69, 9.17) is 4.42 Å². The molecule has 2 atom stereocenters. The van der Waals surface area contributed by atoms with Crippen molar-refractivity contribution >= 4 is 28.2 Å². The third-order valence-corrected chi connectivity index (χ3v) is 5.86. The predicted octanol–water partition coefficient (Wildman–Crippen LogP) is 5.51. The first-order valence-electron chi connectivity index (χ1n) is 9.67. The Hall–Kier alpha value is -3.60. The second-order valence-electron chi connectivity index (χ2n) is 7.22. The van der Waals surface area contributed by atoms with Gasteiger partial charge in [-0.2, -0.15) is 18.3 Å². The van der Waals surface area contributed by atoms with Crippen molar-refractivity contribution in [3.8, 4) is 11.3 Å². The van der Waals surface area contributed by atoms with Crippen molar-refractivity contribution < 1.29 is 22.4 Å². The molecule has 1 aliphatic rings. The zero-order valence-corrected chi connectivity index (χ0v) is 17.2. The number of carbonyl (C=O) groups is 1. The van der Waals surface area contributed by atoms with Crippen LogP contribution in [-0.2, 0) is 0 Å². The van der Waals surface area contributed by atoms with Crippen molar-refractivity contribution in [2.45, 2.75) is 24.7 Å². The van der Waals surface area contributed by atoms with Crippen molar-refractivity contribution in [1.29, 1.82) is 0 Å². The van der Waals surface area contributed by atoms with Crippen LogP contribution in [-0.4, -0.2) is 26.8 Å². The molecule has 164 valence electrons. The van der Waals surface area contributed by atoms with E-state index in [2.05, 4.69) is 20.7 Å². The number of halogens is 3. The molecule has 2 unspecified atom stereocenters. The lowest BCUT2D eigenvalue weighted by molar-refractivity contribution is -0.174. The highest BCUT2D eigenvalue weighted by Crippen LogP contribution is 2.43. The summed E-state index contributed by atoms with van der Waals surface area (Å²) in [6, 6.07) is 11.4. The first-order valence-corrected chi connectivity index (χ1v) is 10.5. The summed E-state index contributed by atoms with van der Waals surface area (Å²) in [6.07, 6.45) is -3.44. The SMILES string of the molecule is O=C(Nc1nc(-c2ccccc2)cs1)c1cc2n(n1)C(C(F)(F)F)CC(c1ccco1)N2. The predicted molar refractivity (Wildman–Crippen MR) is 113 cm³/mol. The first kappa shape index (κ1) is 20.3. The van der Waals surface area contributed by atoms with Gasteiger partial charge in [0.2, 0.25) is 0 Å². The number of aromatic nitrogens is 3. The number of alkyl halides is 3. The van der Waals surface area contributed by atoms with Gasteiger partial charge in [0.15, 0.2) is 16.9 Å². The Morgan fingerprint density at radius 1 is 1.22 bits per heavy atom.